The second-order valence-electron chi connectivity index (χ2n) is 4.18. The van der Waals surface area contributed by atoms with Crippen LogP contribution in [0.2, 0.25) is 0 Å². The van der Waals surface area contributed by atoms with E-state index in [0.717, 1.165) is 15.6 Å². The fraction of sp³-hybridized carbons (Fsp3) is 0.308. The van der Waals surface area contributed by atoms with E-state index >= 15 is 0 Å². The van der Waals surface area contributed by atoms with Crippen molar-refractivity contribution in [2.24, 2.45) is 0 Å². The van der Waals surface area contributed by atoms with Gasteiger partial charge in [0.15, 0.2) is 0 Å². The molecular weight excluding hydrogens is 371 g/mol. The Hall–Kier alpha value is -1.28. The lowest BCUT2D eigenvalue weighted by molar-refractivity contribution is -0.274. The van der Waals surface area contributed by atoms with Crippen LogP contribution in [0.5, 0.6) is 11.5 Å². The minimum Gasteiger partial charge on any atom is -0.486 e. The molecule has 0 spiro atoms. The maximum atomic E-state index is 12.2. The summed E-state index contributed by atoms with van der Waals surface area (Å²) in [6.07, 6.45) is -4.72. The number of halogens is 4. The predicted molar refractivity (Wildman–Crippen MR) is 76.7 cm³/mol. The van der Waals surface area contributed by atoms with Crippen LogP contribution in [0.4, 0.5) is 13.2 Å². The lowest BCUT2D eigenvalue weighted by Crippen LogP contribution is -2.17. The van der Waals surface area contributed by atoms with Crippen LogP contribution in [0.1, 0.15) is 15.6 Å². The van der Waals surface area contributed by atoms with Gasteiger partial charge in [-0.05, 0) is 48.0 Å². The van der Waals surface area contributed by atoms with Gasteiger partial charge in [-0.15, -0.1) is 24.5 Å². The average Bonchev–Trinajstić information content (AvgIpc) is 2.68. The summed E-state index contributed by atoms with van der Waals surface area (Å²) < 4.78 is 46.0. The van der Waals surface area contributed by atoms with E-state index in [4.69, 9.17) is 4.74 Å². The molecule has 2 rings (SSSR count). The van der Waals surface area contributed by atoms with E-state index in [1.165, 1.54) is 29.5 Å². The molecule has 0 fully saturated rings. The molecule has 3 nitrogen and oxygen atoms in total. The van der Waals surface area contributed by atoms with Gasteiger partial charge in [0, 0.05) is 4.88 Å². The molecule has 21 heavy (non-hydrogen) atoms. The smallest absolute Gasteiger partial charge is 0.486 e. The molecular formula is C13H11BrF3NO2S. The number of aryl methyl sites for hydroxylation is 2. The summed E-state index contributed by atoms with van der Waals surface area (Å²) in [5.41, 5.74) is 0.953. The van der Waals surface area contributed by atoms with Crippen molar-refractivity contribution >= 4 is 27.3 Å². The molecule has 0 aliphatic rings. The Morgan fingerprint density at radius 1 is 1.29 bits per heavy atom. The summed E-state index contributed by atoms with van der Waals surface area (Å²) in [5, 5.41) is 0.816. The molecule has 0 saturated carbocycles. The first-order valence-corrected chi connectivity index (χ1v) is 7.46. The number of nitrogens with zero attached hydrogens (tertiary/aromatic N) is 1. The lowest BCUT2D eigenvalue weighted by Gasteiger charge is -2.11. The highest BCUT2D eigenvalue weighted by Crippen LogP contribution is 2.33. The van der Waals surface area contributed by atoms with Crippen LogP contribution >= 0.6 is 27.3 Å². The molecule has 8 heteroatoms. The number of hydrogen-bond acceptors (Lipinski definition) is 4. The highest BCUT2D eigenvalue weighted by atomic mass is 79.9. The normalized spacial score (nSPS) is 11.5. The fourth-order valence-corrected chi connectivity index (χ4v) is 2.81. The molecule has 1 aromatic heterocycles. The molecule has 0 aliphatic carbocycles. The zero-order valence-electron chi connectivity index (χ0n) is 11.1. The van der Waals surface area contributed by atoms with Crippen LogP contribution in [-0.2, 0) is 6.61 Å². The van der Waals surface area contributed by atoms with Crippen molar-refractivity contribution in [3.05, 3.63) is 38.3 Å². The minimum absolute atomic E-state index is 0.170. The number of rotatable bonds is 4. The number of aromatic nitrogens is 1. The van der Waals surface area contributed by atoms with Gasteiger partial charge in [0.1, 0.15) is 23.1 Å². The van der Waals surface area contributed by atoms with Crippen molar-refractivity contribution in [1.82, 2.24) is 4.98 Å². The van der Waals surface area contributed by atoms with Crippen molar-refractivity contribution in [2.45, 2.75) is 26.8 Å². The molecule has 114 valence electrons. The van der Waals surface area contributed by atoms with Crippen LogP contribution in [0.25, 0.3) is 0 Å². The second-order valence-corrected chi connectivity index (χ2v) is 6.32. The molecule has 0 bridgehead atoms. The van der Waals surface area contributed by atoms with E-state index in [9.17, 15) is 13.2 Å². The maximum absolute atomic E-state index is 12.2. The van der Waals surface area contributed by atoms with Crippen LogP contribution in [0.15, 0.2) is 22.7 Å². The first-order chi connectivity index (χ1) is 9.74. The Balaban J connectivity index is 2.03. The number of hydrogen-bond donors (Lipinski definition) is 0. The Morgan fingerprint density at radius 2 is 2.00 bits per heavy atom. The molecule has 0 radical (unpaired) electrons. The summed E-state index contributed by atoms with van der Waals surface area (Å²) in [4.78, 5) is 5.44. The van der Waals surface area contributed by atoms with Gasteiger partial charge in [0.2, 0.25) is 0 Å². The summed E-state index contributed by atoms with van der Waals surface area (Å²) >= 11 is 4.55. The monoisotopic (exact) mass is 381 g/mol. The Morgan fingerprint density at radius 3 is 2.52 bits per heavy atom. The third-order valence-corrected chi connectivity index (χ3v) is 4.23. The first-order valence-electron chi connectivity index (χ1n) is 5.85. The third-order valence-electron chi connectivity index (χ3n) is 2.56. The molecule has 1 heterocycles. The molecule has 0 aliphatic heterocycles. The predicted octanol–water partition coefficient (Wildman–Crippen LogP) is 5.00. The largest absolute Gasteiger partial charge is 0.573 e. The highest BCUT2D eigenvalue weighted by molar-refractivity contribution is 9.10. The number of ether oxygens (including phenoxy) is 2. The fourth-order valence-electron chi connectivity index (χ4n) is 1.52. The van der Waals surface area contributed by atoms with Crippen molar-refractivity contribution < 1.29 is 22.6 Å². The SMILES string of the molecule is Cc1nc(COc2ccc(OC(F)(F)F)c(Br)c2)sc1C. The summed E-state index contributed by atoms with van der Waals surface area (Å²) in [6.45, 7) is 4.15. The van der Waals surface area contributed by atoms with E-state index < -0.39 is 6.36 Å². The van der Waals surface area contributed by atoms with Gasteiger partial charge in [0.25, 0.3) is 0 Å². The Kier molecular flexibility index (Phi) is 4.77. The van der Waals surface area contributed by atoms with E-state index in [2.05, 4.69) is 25.7 Å². The van der Waals surface area contributed by atoms with Gasteiger partial charge < -0.3 is 9.47 Å². The van der Waals surface area contributed by atoms with Gasteiger partial charge in [-0.25, -0.2) is 4.98 Å². The minimum atomic E-state index is -4.72. The zero-order valence-corrected chi connectivity index (χ0v) is 13.5. The van der Waals surface area contributed by atoms with Gasteiger partial charge in [0.05, 0.1) is 10.2 Å². The quantitative estimate of drug-likeness (QED) is 0.746. The summed E-state index contributed by atoms with van der Waals surface area (Å²) in [6, 6.07) is 4.04. The van der Waals surface area contributed by atoms with E-state index in [1.54, 1.807) is 0 Å². The molecule has 0 unspecified atom stereocenters. The molecule has 0 N–H and O–H groups in total. The van der Waals surface area contributed by atoms with Crippen molar-refractivity contribution in [2.75, 3.05) is 0 Å². The van der Waals surface area contributed by atoms with E-state index in [0.29, 0.717) is 5.75 Å². The van der Waals surface area contributed by atoms with Gasteiger partial charge in [-0.1, -0.05) is 0 Å². The van der Waals surface area contributed by atoms with Crippen LogP contribution in [0.3, 0.4) is 0 Å². The van der Waals surface area contributed by atoms with E-state index in [1.807, 2.05) is 13.8 Å². The highest BCUT2D eigenvalue weighted by Gasteiger charge is 2.32. The Bertz CT molecular complexity index is 623. The van der Waals surface area contributed by atoms with Crippen molar-refractivity contribution in [1.29, 1.82) is 0 Å². The van der Waals surface area contributed by atoms with Crippen LogP contribution < -0.4 is 9.47 Å². The average molecular weight is 382 g/mol. The van der Waals surface area contributed by atoms with Crippen LogP contribution in [0, 0.1) is 13.8 Å². The standard InChI is InChI=1S/C13H11BrF3NO2S/c1-7-8(2)21-12(18-7)6-19-9-3-4-11(10(14)5-9)20-13(15,16)17/h3-5H,6H2,1-2H3. The number of thiazole rings is 1. The number of alkyl halides is 3. The van der Waals surface area contributed by atoms with E-state index in [-0.39, 0.29) is 16.8 Å². The Labute approximate surface area is 131 Å². The van der Waals surface area contributed by atoms with Gasteiger partial charge in [-0.3, -0.25) is 0 Å². The zero-order chi connectivity index (χ0) is 15.6. The van der Waals surface area contributed by atoms with Crippen LogP contribution in [-0.4, -0.2) is 11.3 Å². The molecule has 0 amide bonds. The molecule has 0 saturated heterocycles. The van der Waals surface area contributed by atoms with Crippen molar-refractivity contribution in [3.63, 3.8) is 0 Å². The molecule has 0 atom stereocenters. The second kappa shape index (κ2) is 6.23. The molecule has 1 aromatic carbocycles. The van der Waals surface area contributed by atoms with Gasteiger partial charge >= 0.3 is 6.36 Å². The number of benzene rings is 1. The first kappa shape index (κ1) is 16.1. The lowest BCUT2D eigenvalue weighted by atomic mass is 10.3. The topological polar surface area (TPSA) is 31.4 Å². The summed E-state index contributed by atoms with van der Waals surface area (Å²) in [7, 11) is 0. The third kappa shape index (κ3) is 4.60. The van der Waals surface area contributed by atoms with Crippen molar-refractivity contribution in [3.8, 4) is 11.5 Å². The molecule has 2 aromatic rings. The summed E-state index contributed by atoms with van der Waals surface area (Å²) in [5.74, 6) is 0.123. The van der Waals surface area contributed by atoms with Gasteiger partial charge in [-0.2, -0.15) is 0 Å². The maximum Gasteiger partial charge on any atom is 0.573 e.